The van der Waals surface area contributed by atoms with Gasteiger partial charge in [-0.3, -0.25) is 4.79 Å². The summed E-state index contributed by atoms with van der Waals surface area (Å²) in [5.74, 6) is 1.52. The van der Waals surface area contributed by atoms with Crippen LogP contribution in [-0.4, -0.2) is 65.3 Å². The largest absolute Gasteiger partial charge is 0.496 e. The van der Waals surface area contributed by atoms with Gasteiger partial charge in [0.2, 0.25) is 0 Å². The lowest BCUT2D eigenvalue weighted by Gasteiger charge is -2.43. The molecule has 1 aromatic carbocycles. The van der Waals surface area contributed by atoms with Crippen LogP contribution in [0.2, 0.25) is 0 Å². The van der Waals surface area contributed by atoms with Crippen molar-refractivity contribution in [3.63, 3.8) is 0 Å². The Morgan fingerprint density at radius 3 is 2.29 bits per heavy atom. The molecular formula is C30H40N2O5S. The summed E-state index contributed by atoms with van der Waals surface area (Å²) in [6.07, 6.45) is 3.15. The van der Waals surface area contributed by atoms with Crippen LogP contribution in [-0.2, 0) is 4.74 Å². The number of rotatable bonds is 5. The molecule has 3 heterocycles. The van der Waals surface area contributed by atoms with Crippen LogP contribution >= 0.6 is 11.3 Å². The van der Waals surface area contributed by atoms with E-state index in [4.69, 9.17) is 14.2 Å². The summed E-state index contributed by atoms with van der Waals surface area (Å²) >= 11 is 1.50. The van der Waals surface area contributed by atoms with Gasteiger partial charge in [-0.2, -0.15) is 0 Å². The standard InChI is InChI=1S/C30H40N2O5S/c1-19(2)32(20(3)4)27(33)25-13-12-24(38-25)21-18-30(36-23-11-9-10-22(35-8)26(21)23)14-16-31(17-15-30)28(34)37-29(5,6)7/h9-13,18-20H,14-17H2,1-8H3. The molecule has 7 nitrogen and oxygen atoms in total. The molecule has 1 fully saturated rings. The fourth-order valence-corrected chi connectivity index (χ4v) is 6.21. The summed E-state index contributed by atoms with van der Waals surface area (Å²) in [6.45, 7) is 14.9. The van der Waals surface area contributed by atoms with E-state index in [0.29, 0.717) is 30.8 Å². The molecule has 0 atom stereocenters. The minimum Gasteiger partial charge on any atom is -0.496 e. The van der Waals surface area contributed by atoms with Gasteiger partial charge >= 0.3 is 6.09 Å². The molecule has 1 spiro atoms. The molecule has 2 amide bonds. The zero-order chi connectivity index (χ0) is 27.8. The molecule has 2 aromatic rings. The first-order valence-corrected chi connectivity index (χ1v) is 14.2. The van der Waals surface area contributed by atoms with E-state index in [-0.39, 0.29) is 24.1 Å². The topological polar surface area (TPSA) is 68.3 Å². The molecule has 0 aliphatic carbocycles. The third kappa shape index (κ3) is 5.70. The van der Waals surface area contributed by atoms with Crippen LogP contribution in [0, 0.1) is 0 Å². The number of likely N-dealkylation sites (tertiary alicyclic amines) is 1. The molecular weight excluding hydrogens is 500 g/mol. The molecule has 0 bridgehead atoms. The second-order valence-electron chi connectivity index (χ2n) is 11.6. The average Bonchev–Trinajstić information content (AvgIpc) is 3.32. The second kappa shape index (κ2) is 10.6. The highest BCUT2D eigenvalue weighted by Gasteiger charge is 2.42. The average molecular weight is 541 g/mol. The number of benzene rings is 1. The SMILES string of the molecule is COc1cccc2c1C(c1ccc(C(=O)N(C(C)C)C(C)C)s1)=CC1(CCN(C(=O)OC(C)(C)C)CC1)O2. The van der Waals surface area contributed by atoms with Crippen LogP contribution in [0.5, 0.6) is 11.5 Å². The van der Waals surface area contributed by atoms with E-state index in [0.717, 1.165) is 27.5 Å². The third-order valence-corrected chi connectivity index (χ3v) is 8.00. The smallest absolute Gasteiger partial charge is 0.410 e. The summed E-state index contributed by atoms with van der Waals surface area (Å²) in [6, 6.07) is 9.97. The quantitative estimate of drug-likeness (QED) is 0.427. The fraction of sp³-hybridized carbons (Fsp3) is 0.533. The van der Waals surface area contributed by atoms with Crippen molar-refractivity contribution in [3.8, 4) is 11.5 Å². The van der Waals surface area contributed by atoms with E-state index >= 15 is 0 Å². The van der Waals surface area contributed by atoms with Crippen molar-refractivity contribution in [2.75, 3.05) is 20.2 Å². The second-order valence-corrected chi connectivity index (χ2v) is 12.7. The first-order chi connectivity index (χ1) is 17.8. The lowest BCUT2D eigenvalue weighted by molar-refractivity contribution is -0.00121. The molecule has 8 heteroatoms. The van der Waals surface area contributed by atoms with Crippen LogP contribution in [0.15, 0.2) is 36.4 Å². The van der Waals surface area contributed by atoms with Gasteiger partial charge in [-0.05, 0) is 78.8 Å². The summed E-state index contributed by atoms with van der Waals surface area (Å²) in [4.78, 5) is 31.4. The van der Waals surface area contributed by atoms with Gasteiger partial charge in [0.05, 0.1) is 17.6 Å². The number of methoxy groups -OCH3 is 1. The van der Waals surface area contributed by atoms with Crippen LogP contribution in [0.4, 0.5) is 4.79 Å². The molecule has 1 aromatic heterocycles. The van der Waals surface area contributed by atoms with Crippen molar-refractivity contribution in [1.82, 2.24) is 9.80 Å². The highest BCUT2D eigenvalue weighted by atomic mass is 32.1. The molecule has 0 N–H and O–H groups in total. The van der Waals surface area contributed by atoms with Crippen molar-refractivity contribution in [1.29, 1.82) is 0 Å². The lowest BCUT2D eigenvalue weighted by atomic mass is 9.84. The van der Waals surface area contributed by atoms with Crippen molar-refractivity contribution < 1.29 is 23.8 Å². The van der Waals surface area contributed by atoms with E-state index < -0.39 is 11.2 Å². The van der Waals surface area contributed by atoms with E-state index in [1.807, 2.05) is 83.7 Å². The molecule has 1 saturated heterocycles. The molecule has 206 valence electrons. The lowest BCUT2D eigenvalue weighted by Crippen LogP contribution is -2.50. The van der Waals surface area contributed by atoms with E-state index in [1.54, 1.807) is 12.0 Å². The Morgan fingerprint density at radius 1 is 1.05 bits per heavy atom. The van der Waals surface area contributed by atoms with Crippen LogP contribution in [0.3, 0.4) is 0 Å². The number of piperidine rings is 1. The van der Waals surface area contributed by atoms with Crippen molar-refractivity contribution in [2.24, 2.45) is 0 Å². The Bertz CT molecular complexity index is 1210. The minimum atomic E-state index is -0.566. The number of thiophene rings is 1. The minimum absolute atomic E-state index is 0.0412. The Morgan fingerprint density at radius 2 is 1.71 bits per heavy atom. The Hall–Kier alpha value is -3.00. The van der Waals surface area contributed by atoms with E-state index in [9.17, 15) is 9.59 Å². The van der Waals surface area contributed by atoms with Gasteiger partial charge in [0.15, 0.2) is 0 Å². The maximum absolute atomic E-state index is 13.4. The maximum atomic E-state index is 13.4. The van der Waals surface area contributed by atoms with Crippen molar-refractivity contribution >= 4 is 28.9 Å². The number of hydrogen-bond donors (Lipinski definition) is 0. The van der Waals surface area contributed by atoms with E-state index in [1.165, 1.54) is 11.3 Å². The number of carbonyl (C=O) groups is 2. The number of hydrogen-bond acceptors (Lipinski definition) is 6. The highest BCUT2D eigenvalue weighted by molar-refractivity contribution is 7.15. The molecule has 2 aliphatic rings. The monoisotopic (exact) mass is 540 g/mol. The Balaban J connectivity index is 1.68. The normalized spacial score (nSPS) is 16.7. The van der Waals surface area contributed by atoms with Gasteiger partial charge in [-0.15, -0.1) is 11.3 Å². The fourth-order valence-electron chi connectivity index (χ4n) is 5.24. The summed E-state index contributed by atoms with van der Waals surface area (Å²) in [5.41, 5.74) is 0.786. The zero-order valence-corrected chi connectivity index (χ0v) is 24.6. The highest BCUT2D eigenvalue weighted by Crippen LogP contribution is 2.48. The van der Waals surface area contributed by atoms with Gasteiger partial charge < -0.3 is 24.0 Å². The van der Waals surface area contributed by atoms with Gasteiger partial charge in [0.1, 0.15) is 22.7 Å². The summed E-state index contributed by atoms with van der Waals surface area (Å²) in [7, 11) is 1.66. The molecule has 38 heavy (non-hydrogen) atoms. The first kappa shape index (κ1) is 28.0. The summed E-state index contributed by atoms with van der Waals surface area (Å²) < 4.78 is 18.0. The molecule has 0 saturated carbocycles. The molecule has 0 unspecified atom stereocenters. The van der Waals surface area contributed by atoms with Crippen LogP contribution in [0.1, 0.15) is 81.4 Å². The number of amides is 2. The van der Waals surface area contributed by atoms with Crippen molar-refractivity contribution in [2.45, 2.75) is 84.6 Å². The first-order valence-electron chi connectivity index (χ1n) is 13.3. The van der Waals surface area contributed by atoms with Crippen LogP contribution < -0.4 is 9.47 Å². The van der Waals surface area contributed by atoms with Crippen molar-refractivity contribution in [3.05, 3.63) is 51.7 Å². The molecule has 0 radical (unpaired) electrons. The van der Waals surface area contributed by atoms with Gasteiger partial charge in [-0.25, -0.2) is 4.79 Å². The predicted octanol–water partition coefficient (Wildman–Crippen LogP) is 6.61. The third-order valence-electron chi connectivity index (χ3n) is 6.89. The van der Waals surface area contributed by atoms with Gasteiger partial charge in [0, 0.05) is 48.5 Å². The molecule has 2 aliphatic heterocycles. The number of ether oxygens (including phenoxy) is 3. The maximum Gasteiger partial charge on any atom is 0.410 e. The number of nitrogens with zero attached hydrogens (tertiary/aromatic N) is 2. The number of fused-ring (bicyclic) bond motifs is 1. The van der Waals surface area contributed by atoms with Crippen LogP contribution in [0.25, 0.3) is 5.57 Å². The van der Waals surface area contributed by atoms with Gasteiger partial charge in [-0.1, -0.05) is 6.07 Å². The van der Waals surface area contributed by atoms with E-state index in [2.05, 4.69) is 6.08 Å². The zero-order valence-electron chi connectivity index (χ0n) is 23.8. The number of carbonyl (C=O) groups excluding carboxylic acids is 2. The Kier molecular flexibility index (Phi) is 7.84. The molecule has 4 rings (SSSR count). The summed E-state index contributed by atoms with van der Waals surface area (Å²) in [5, 5.41) is 0. The Labute approximate surface area is 230 Å². The predicted molar refractivity (Wildman–Crippen MR) is 151 cm³/mol. The van der Waals surface area contributed by atoms with Gasteiger partial charge in [0.25, 0.3) is 5.91 Å².